The summed E-state index contributed by atoms with van der Waals surface area (Å²) in [6, 6.07) is 10.5. The highest BCUT2D eigenvalue weighted by atomic mass is 35.5. The Balaban J connectivity index is 2.11. The highest BCUT2D eigenvalue weighted by Crippen LogP contribution is 2.12. The average Bonchev–Trinajstić information content (AvgIpc) is 2.33. The van der Waals surface area contributed by atoms with Crippen LogP contribution in [0.3, 0.4) is 0 Å². The first-order chi connectivity index (χ1) is 8.15. The Morgan fingerprint density at radius 2 is 1.88 bits per heavy atom. The third-order valence-electron chi connectivity index (χ3n) is 2.35. The van der Waals surface area contributed by atoms with Crippen molar-refractivity contribution < 1.29 is 4.79 Å². The number of hydrogen-bond donors (Lipinski definition) is 1. The largest absolute Gasteiger partial charge is 0.397 e. The third kappa shape index (κ3) is 3.04. The summed E-state index contributed by atoms with van der Waals surface area (Å²) in [4.78, 5) is 15.9. The van der Waals surface area contributed by atoms with Crippen molar-refractivity contribution in [3.8, 4) is 0 Å². The number of ketones is 1. The Labute approximate surface area is 104 Å². The molecular formula is C13H11ClN2O. The van der Waals surface area contributed by atoms with Crippen LogP contribution >= 0.6 is 11.6 Å². The second-order valence-corrected chi connectivity index (χ2v) is 4.14. The average molecular weight is 247 g/mol. The molecule has 86 valence electrons. The number of halogens is 1. The summed E-state index contributed by atoms with van der Waals surface area (Å²) in [5.74, 6) is -0.0349. The van der Waals surface area contributed by atoms with Gasteiger partial charge >= 0.3 is 0 Å². The predicted octanol–water partition coefficient (Wildman–Crippen LogP) is 2.74. The van der Waals surface area contributed by atoms with Crippen molar-refractivity contribution in [2.24, 2.45) is 0 Å². The molecule has 2 aromatic rings. The third-order valence-corrected chi connectivity index (χ3v) is 2.60. The van der Waals surface area contributed by atoms with Crippen LogP contribution in [0.15, 0.2) is 42.6 Å². The molecule has 17 heavy (non-hydrogen) atoms. The molecular weight excluding hydrogens is 236 g/mol. The molecule has 0 fully saturated rings. The van der Waals surface area contributed by atoms with Gasteiger partial charge in [-0.3, -0.25) is 9.78 Å². The summed E-state index contributed by atoms with van der Waals surface area (Å²) >= 11 is 5.77. The lowest BCUT2D eigenvalue weighted by Gasteiger charge is -2.01. The normalized spacial score (nSPS) is 10.2. The first-order valence-electron chi connectivity index (χ1n) is 5.14. The lowest BCUT2D eigenvalue weighted by molar-refractivity contribution is 0.0988. The summed E-state index contributed by atoms with van der Waals surface area (Å²) in [6.45, 7) is 0. The predicted molar refractivity (Wildman–Crippen MR) is 68.1 cm³/mol. The van der Waals surface area contributed by atoms with Gasteiger partial charge in [-0.1, -0.05) is 23.7 Å². The van der Waals surface area contributed by atoms with Crippen molar-refractivity contribution >= 4 is 23.1 Å². The molecule has 0 amide bonds. The van der Waals surface area contributed by atoms with Crippen LogP contribution in [-0.4, -0.2) is 10.8 Å². The van der Waals surface area contributed by atoms with Crippen LogP contribution in [0.1, 0.15) is 16.1 Å². The molecule has 0 atom stereocenters. The number of nitrogens with two attached hydrogens (primary N) is 1. The summed E-state index contributed by atoms with van der Waals surface area (Å²) in [7, 11) is 0. The van der Waals surface area contributed by atoms with Gasteiger partial charge in [0.1, 0.15) is 5.69 Å². The number of pyridine rings is 1. The molecule has 0 unspecified atom stereocenters. The molecule has 0 spiro atoms. The number of benzene rings is 1. The maximum absolute atomic E-state index is 11.9. The SMILES string of the molecule is Nc1ccc(C(=O)Cc2ccc(Cl)cc2)nc1. The van der Waals surface area contributed by atoms with Crippen molar-refractivity contribution in [3.63, 3.8) is 0 Å². The minimum atomic E-state index is -0.0349. The summed E-state index contributed by atoms with van der Waals surface area (Å²) in [6.07, 6.45) is 1.79. The number of carbonyl (C=O) groups is 1. The standard InChI is InChI=1S/C13H11ClN2O/c14-10-3-1-9(2-4-10)7-13(17)12-6-5-11(15)8-16-12/h1-6,8H,7,15H2. The van der Waals surface area contributed by atoms with Crippen molar-refractivity contribution in [1.29, 1.82) is 0 Å². The van der Waals surface area contributed by atoms with Crippen molar-refractivity contribution in [2.75, 3.05) is 5.73 Å². The van der Waals surface area contributed by atoms with E-state index in [-0.39, 0.29) is 5.78 Å². The van der Waals surface area contributed by atoms with Crippen LogP contribution in [0.2, 0.25) is 5.02 Å². The van der Waals surface area contributed by atoms with Gasteiger partial charge in [0.05, 0.1) is 11.9 Å². The quantitative estimate of drug-likeness (QED) is 0.848. The first kappa shape index (κ1) is 11.6. The number of Topliss-reactive ketones (excluding diaryl/α,β-unsaturated/α-hetero) is 1. The molecule has 0 aliphatic rings. The Kier molecular flexibility index (Phi) is 3.40. The van der Waals surface area contributed by atoms with E-state index in [4.69, 9.17) is 17.3 Å². The number of carbonyl (C=O) groups excluding carboxylic acids is 1. The van der Waals surface area contributed by atoms with E-state index >= 15 is 0 Å². The van der Waals surface area contributed by atoms with Crippen LogP contribution in [0, 0.1) is 0 Å². The van der Waals surface area contributed by atoms with Crippen molar-refractivity contribution in [3.05, 3.63) is 58.9 Å². The molecule has 1 aromatic heterocycles. The fourth-order valence-electron chi connectivity index (χ4n) is 1.45. The maximum Gasteiger partial charge on any atom is 0.185 e. The van der Waals surface area contributed by atoms with E-state index in [0.717, 1.165) is 5.56 Å². The molecule has 4 heteroatoms. The maximum atomic E-state index is 11.9. The van der Waals surface area contributed by atoms with E-state index in [2.05, 4.69) is 4.98 Å². The molecule has 1 heterocycles. The Morgan fingerprint density at radius 3 is 2.47 bits per heavy atom. The number of hydrogen-bond acceptors (Lipinski definition) is 3. The monoisotopic (exact) mass is 246 g/mol. The number of rotatable bonds is 3. The number of nitrogen functional groups attached to an aromatic ring is 1. The minimum Gasteiger partial charge on any atom is -0.397 e. The van der Waals surface area contributed by atoms with Crippen LogP contribution < -0.4 is 5.73 Å². The van der Waals surface area contributed by atoms with Crippen LogP contribution in [-0.2, 0) is 6.42 Å². The number of nitrogens with zero attached hydrogens (tertiary/aromatic N) is 1. The second-order valence-electron chi connectivity index (χ2n) is 3.70. The number of aromatic nitrogens is 1. The van der Waals surface area contributed by atoms with E-state index in [0.29, 0.717) is 22.8 Å². The molecule has 0 bridgehead atoms. The zero-order valence-electron chi connectivity index (χ0n) is 9.06. The number of anilines is 1. The fourth-order valence-corrected chi connectivity index (χ4v) is 1.57. The zero-order valence-corrected chi connectivity index (χ0v) is 9.82. The second kappa shape index (κ2) is 4.97. The van der Waals surface area contributed by atoms with E-state index < -0.39 is 0 Å². The fraction of sp³-hybridized carbons (Fsp3) is 0.0769. The smallest absolute Gasteiger partial charge is 0.185 e. The summed E-state index contributed by atoms with van der Waals surface area (Å²) in [5, 5.41) is 0.659. The van der Waals surface area contributed by atoms with E-state index in [9.17, 15) is 4.79 Å². The van der Waals surface area contributed by atoms with Crippen molar-refractivity contribution in [2.45, 2.75) is 6.42 Å². The van der Waals surface area contributed by atoms with Gasteiger partial charge in [0, 0.05) is 11.4 Å². The minimum absolute atomic E-state index is 0.0349. The molecule has 0 saturated heterocycles. The molecule has 2 rings (SSSR count). The van der Waals surface area contributed by atoms with E-state index in [1.165, 1.54) is 6.20 Å². The molecule has 0 aliphatic heterocycles. The van der Waals surface area contributed by atoms with Crippen LogP contribution in [0.25, 0.3) is 0 Å². The van der Waals surface area contributed by atoms with Gasteiger partial charge in [-0.25, -0.2) is 0 Å². The Morgan fingerprint density at radius 1 is 1.18 bits per heavy atom. The van der Waals surface area contributed by atoms with Gasteiger partial charge in [-0.05, 0) is 29.8 Å². The van der Waals surface area contributed by atoms with Gasteiger partial charge < -0.3 is 5.73 Å². The highest BCUT2D eigenvalue weighted by Gasteiger charge is 2.08. The van der Waals surface area contributed by atoms with Gasteiger partial charge in [-0.15, -0.1) is 0 Å². The van der Waals surface area contributed by atoms with Crippen LogP contribution in [0.4, 0.5) is 5.69 Å². The lowest BCUT2D eigenvalue weighted by Crippen LogP contribution is -2.06. The van der Waals surface area contributed by atoms with Gasteiger partial charge in [0.15, 0.2) is 5.78 Å². The molecule has 1 aromatic carbocycles. The highest BCUT2D eigenvalue weighted by molar-refractivity contribution is 6.30. The Hall–Kier alpha value is -1.87. The molecule has 2 N–H and O–H groups in total. The van der Waals surface area contributed by atoms with Crippen LogP contribution in [0.5, 0.6) is 0 Å². The van der Waals surface area contributed by atoms with Gasteiger partial charge in [0.25, 0.3) is 0 Å². The molecule has 0 saturated carbocycles. The van der Waals surface area contributed by atoms with Crippen molar-refractivity contribution in [1.82, 2.24) is 4.98 Å². The zero-order chi connectivity index (χ0) is 12.3. The molecule has 0 aliphatic carbocycles. The summed E-state index contributed by atoms with van der Waals surface area (Å²) < 4.78 is 0. The topological polar surface area (TPSA) is 56.0 Å². The lowest BCUT2D eigenvalue weighted by atomic mass is 10.1. The van der Waals surface area contributed by atoms with E-state index in [1.807, 2.05) is 12.1 Å². The summed E-state index contributed by atoms with van der Waals surface area (Å²) in [5.41, 5.74) is 7.40. The first-order valence-corrected chi connectivity index (χ1v) is 5.52. The molecule has 3 nitrogen and oxygen atoms in total. The van der Waals surface area contributed by atoms with Gasteiger partial charge in [-0.2, -0.15) is 0 Å². The van der Waals surface area contributed by atoms with E-state index in [1.54, 1.807) is 24.3 Å². The Bertz CT molecular complexity index is 520. The van der Waals surface area contributed by atoms with Gasteiger partial charge in [0.2, 0.25) is 0 Å². The molecule has 0 radical (unpaired) electrons.